The molecule has 1 rings (SSSR count). The van der Waals surface area contributed by atoms with Crippen LogP contribution in [-0.2, 0) is 0 Å². The van der Waals surface area contributed by atoms with E-state index in [2.05, 4.69) is 10.1 Å². The molecule has 0 aliphatic carbocycles. The summed E-state index contributed by atoms with van der Waals surface area (Å²) in [5.41, 5.74) is 1.60. The number of hydrogen-bond donors (Lipinski definition) is 1. The fourth-order valence-corrected chi connectivity index (χ4v) is 0.829. The van der Waals surface area contributed by atoms with E-state index < -0.39 is 0 Å². The highest BCUT2D eigenvalue weighted by molar-refractivity contribution is 6.69. The third-order valence-corrected chi connectivity index (χ3v) is 1.49. The summed E-state index contributed by atoms with van der Waals surface area (Å²) in [7, 11) is 0. The molecular formula is C7H7ClN2O. The fraction of sp³-hybridized carbons (Fsp3) is 0.143. The van der Waals surface area contributed by atoms with Gasteiger partial charge in [0.25, 0.3) is 0 Å². The largest absolute Gasteiger partial charge is 0.410 e. The summed E-state index contributed by atoms with van der Waals surface area (Å²) in [6, 6.07) is 1.79. The van der Waals surface area contributed by atoms with E-state index >= 15 is 0 Å². The summed E-state index contributed by atoms with van der Waals surface area (Å²) < 4.78 is 0. The second kappa shape index (κ2) is 3.34. The molecule has 0 atom stereocenters. The molecule has 0 saturated heterocycles. The summed E-state index contributed by atoms with van der Waals surface area (Å²) in [6.45, 7) is 1.89. The van der Waals surface area contributed by atoms with Crippen LogP contribution in [0.2, 0.25) is 0 Å². The summed E-state index contributed by atoms with van der Waals surface area (Å²) in [6.07, 6.45) is 3.24. The lowest BCUT2D eigenvalue weighted by Gasteiger charge is -1.95. The molecule has 0 fully saturated rings. The van der Waals surface area contributed by atoms with Crippen LogP contribution in [0, 0.1) is 6.92 Å². The Hall–Kier alpha value is -1.09. The molecule has 4 heteroatoms. The number of oxime groups is 1. The zero-order valence-corrected chi connectivity index (χ0v) is 6.71. The van der Waals surface area contributed by atoms with Crippen molar-refractivity contribution in [2.24, 2.45) is 5.16 Å². The Kier molecular flexibility index (Phi) is 2.44. The SMILES string of the molecule is Cc1cncc(C(Cl)=NO)c1. The molecule has 1 heterocycles. The first kappa shape index (κ1) is 8.01. The highest BCUT2D eigenvalue weighted by atomic mass is 35.5. The Balaban J connectivity index is 3.06. The Morgan fingerprint density at radius 2 is 2.36 bits per heavy atom. The van der Waals surface area contributed by atoms with Crippen molar-refractivity contribution in [1.29, 1.82) is 0 Å². The Morgan fingerprint density at radius 1 is 1.64 bits per heavy atom. The number of halogens is 1. The minimum Gasteiger partial charge on any atom is -0.410 e. The van der Waals surface area contributed by atoms with Crippen LogP contribution in [0.25, 0.3) is 0 Å². The monoisotopic (exact) mass is 170 g/mol. The van der Waals surface area contributed by atoms with Gasteiger partial charge in [0.2, 0.25) is 0 Å². The van der Waals surface area contributed by atoms with E-state index in [1.165, 1.54) is 6.20 Å². The summed E-state index contributed by atoms with van der Waals surface area (Å²) in [5, 5.41) is 11.2. The molecule has 0 amide bonds. The third kappa shape index (κ3) is 1.91. The van der Waals surface area contributed by atoms with Gasteiger partial charge in [0.15, 0.2) is 5.17 Å². The molecule has 1 aromatic heterocycles. The van der Waals surface area contributed by atoms with Crippen molar-refractivity contribution >= 4 is 16.8 Å². The topological polar surface area (TPSA) is 45.5 Å². The first-order valence-electron chi connectivity index (χ1n) is 3.03. The minimum atomic E-state index is 0.0567. The van der Waals surface area contributed by atoms with Crippen LogP contribution in [-0.4, -0.2) is 15.4 Å². The van der Waals surface area contributed by atoms with Crippen molar-refractivity contribution in [1.82, 2.24) is 4.98 Å². The van der Waals surface area contributed by atoms with Crippen LogP contribution in [0.4, 0.5) is 0 Å². The van der Waals surface area contributed by atoms with Gasteiger partial charge in [-0.15, -0.1) is 0 Å². The minimum absolute atomic E-state index is 0.0567. The second-order valence-electron chi connectivity index (χ2n) is 2.14. The molecule has 1 aromatic rings. The maximum Gasteiger partial charge on any atom is 0.176 e. The molecular weight excluding hydrogens is 164 g/mol. The Labute approximate surface area is 69.3 Å². The zero-order valence-electron chi connectivity index (χ0n) is 5.95. The number of aryl methyl sites for hydroxylation is 1. The molecule has 11 heavy (non-hydrogen) atoms. The summed E-state index contributed by atoms with van der Waals surface area (Å²) >= 11 is 5.52. The van der Waals surface area contributed by atoms with E-state index in [-0.39, 0.29) is 5.17 Å². The third-order valence-electron chi connectivity index (χ3n) is 1.20. The molecule has 0 aromatic carbocycles. The van der Waals surface area contributed by atoms with Gasteiger partial charge in [0, 0.05) is 18.0 Å². The molecule has 0 saturated carbocycles. The van der Waals surface area contributed by atoms with Crippen LogP contribution >= 0.6 is 11.6 Å². The van der Waals surface area contributed by atoms with Crippen molar-refractivity contribution in [2.45, 2.75) is 6.92 Å². The smallest absolute Gasteiger partial charge is 0.176 e. The van der Waals surface area contributed by atoms with Crippen LogP contribution in [0.15, 0.2) is 23.6 Å². The summed E-state index contributed by atoms with van der Waals surface area (Å²) in [4.78, 5) is 3.88. The van der Waals surface area contributed by atoms with Gasteiger partial charge >= 0.3 is 0 Å². The van der Waals surface area contributed by atoms with Gasteiger partial charge in [-0.2, -0.15) is 0 Å². The van der Waals surface area contributed by atoms with Gasteiger partial charge < -0.3 is 5.21 Å². The normalized spacial score (nSPS) is 11.6. The molecule has 0 radical (unpaired) electrons. The van der Waals surface area contributed by atoms with Crippen LogP contribution in [0.5, 0.6) is 0 Å². The second-order valence-corrected chi connectivity index (χ2v) is 2.50. The highest BCUT2D eigenvalue weighted by Gasteiger charge is 1.99. The van der Waals surface area contributed by atoms with Crippen molar-refractivity contribution in [3.8, 4) is 0 Å². The summed E-state index contributed by atoms with van der Waals surface area (Å²) in [5.74, 6) is 0. The van der Waals surface area contributed by atoms with E-state index in [1.807, 2.05) is 6.92 Å². The number of nitrogens with zero attached hydrogens (tertiary/aromatic N) is 2. The molecule has 0 spiro atoms. The lowest BCUT2D eigenvalue weighted by atomic mass is 10.2. The van der Waals surface area contributed by atoms with Crippen LogP contribution in [0.1, 0.15) is 11.1 Å². The maximum absolute atomic E-state index is 8.31. The lowest BCUT2D eigenvalue weighted by molar-refractivity contribution is 0.321. The first-order chi connectivity index (χ1) is 5.24. The molecule has 3 nitrogen and oxygen atoms in total. The van der Waals surface area contributed by atoms with Crippen LogP contribution < -0.4 is 0 Å². The molecule has 0 aliphatic heterocycles. The van der Waals surface area contributed by atoms with E-state index in [9.17, 15) is 0 Å². The quantitative estimate of drug-likeness (QED) is 0.397. The Morgan fingerprint density at radius 3 is 2.91 bits per heavy atom. The van der Waals surface area contributed by atoms with E-state index in [4.69, 9.17) is 16.8 Å². The maximum atomic E-state index is 8.31. The van der Waals surface area contributed by atoms with Gasteiger partial charge in [-0.25, -0.2) is 0 Å². The fourth-order valence-electron chi connectivity index (χ4n) is 0.726. The number of hydrogen-bond acceptors (Lipinski definition) is 3. The predicted octanol–water partition coefficient (Wildman–Crippen LogP) is 1.76. The van der Waals surface area contributed by atoms with Crippen molar-refractivity contribution in [3.05, 3.63) is 29.6 Å². The molecule has 0 bridgehead atoms. The number of rotatable bonds is 1. The van der Waals surface area contributed by atoms with Gasteiger partial charge in [-0.3, -0.25) is 4.98 Å². The predicted molar refractivity (Wildman–Crippen MR) is 43.2 cm³/mol. The number of pyridine rings is 1. The van der Waals surface area contributed by atoms with Crippen LogP contribution in [0.3, 0.4) is 0 Å². The molecule has 0 aliphatic rings. The average Bonchev–Trinajstić information content (AvgIpc) is 2.03. The first-order valence-corrected chi connectivity index (χ1v) is 3.41. The van der Waals surface area contributed by atoms with Gasteiger partial charge in [-0.1, -0.05) is 16.8 Å². The van der Waals surface area contributed by atoms with Gasteiger partial charge in [-0.05, 0) is 18.6 Å². The Bertz CT molecular complexity index is 286. The van der Waals surface area contributed by atoms with E-state index in [0.717, 1.165) is 5.56 Å². The van der Waals surface area contributed by atoms with Crippen molar-refractivity contribution in [2.75, 3.05) is 0 Å². The van der Waals surface area contributed by atoms with Crippen molar-refractivity contribution < 1.29 is 5.21 Å². The van der Waals surface area contributed by atoms with Crippen molar-refractivity contribution in [3.63, 3.8) is 0 Å². The standard InChI is InChI=1S/C7H7ClN2O/c1-5-2-6(4-9-3-5)7(8)10-11/h2-4,11H,1H3. The molecule has 1 N–H and O–H groups in total. The van der Waals surface area contributed by atoms with Gasteiger partial charge in [0.1, 0.15) is 0 Å². The molecule has 58 valence electrons. The zero-order chi connectivity index (χ0) is 8.27. The number of aromatic nitrogens is 1. The highest BCUT2D eigenvalue weighted by Crippen LogP contribution is 2.05. The lowest BCUT2D eigenvalue weighted by Crippen LogP contribution is -1.92. The van der Waals surface area contributed by atoms with E-state index in [0.29, 0.717) is 5.56 Å². The van der Waals surface area contributed by atoms with Gasteiger partial charge in [0.05, 0.1) is 0 Å². The molecule has 0 unspecified atom stereocenters. The van der Waals surface area contributed by atoms with E-state index in [1.54, 1.807) is 12.3 Å². The average molecular weight is 171 g/mol.